The van der Waals surface area contributed by atoms with Crippen LogP contribution in [0.3, 0.4) is 0 Å². The molecule has 0 saturated heterocycles. The Morgan fingerprint density at radius 2 is 0.903 bits per heavy atom. The quantitative estimate of drug-likeness (QED) is 0.144. The van der Waals surface area contributed by atoms with E-state index >= 15 is 0 Å². The first-order chi connectivity index (χ1) is 52.1. The van der Waals surface area contributed by atoms with Crippen LogP contribution in [0.1, 0.15) is 31.9 Å². The van der Waals surface area contributed by atoms with Crippen LogP contribution in [-0.2, 0) is 46.7 Å². The minimum atomic E-state index is -2.32. The summed E-state index contributed by atoms with van der Waals surface area (Å²) < 4.78 is 63.5. The molecule has 0 bridgehead atoms. The van der Waals surface area contributed by atoms with Gasteiger partial charge in [0.15, 0.2) is 57.3 Å². The molecular formula is C81H55N16O3S3+5. The fraction of sp³-hybridized carbons (Fsp3) is 0.0864. The molecule has 0 aliphatic carbocycles. The van der Waals surface area contributed by atoms with Crippen LogP contribution in [0.4, 0.5) is 0 Å². The summed E-state index contributed by atoms with van der Waals surface area (Å²) in [5, 5.41) is 2.61. The van der Waals surface area contributed by atoms with Crippen molar-refractivity contribution in [1.29, 1.82) is 0 Å². The Kier molecular flexibility index (Phi) is 12.0. The van der Waals surface area contributed by atoms with E-state index in [0.29, 0.717) is 29.2 Å². The number of fused-ring (bicyclic) bond motifs is 35. The molecule has 5 aliphatic rings. The summed E-state index contributed by atoms with van der Waals surface area (Å²) in [7, 11) is 2.03. The van der Waals surface area contributed by atoms with Gasteiger partial charge in [0, 0.05) is 95.0 Å². The Balaban J connectivity index is 0.0000000830. The minimum Gasteiger partial charge on any atom is -0.380 e. The number of rotatable bonds is 1. The minimum absolute atomic E-state index is 0.350. The second-order valence-electron chi connectivity index (χ2n) is 25.9. The third-order valence-electron chi connectivity index (χ3n) is 20.2. The summed E-state index contributed by atoms with van der Waals surface area (Å²) in [6, 6.07) is 63.6. The highest BCUT2D eigenvalue weighted by Gasteiger charge is 2.42. The highest BCUT2D eigenvalue weighted by molar-refractivity contribution is 7.42. The molecule has 5 aliphatic heterocycles. The summed E-state index contributed by atoms with van der Waals surface area (Å²) in [6.07, 6.45) is 14.8. The van der Waals surface area contributed by atoms with E-state index in [0.717, 1.165) is 121 Å². The summed E-state index contributed by atoms with van der Waals surface area (Å²) in [4.78, 5) is 32.3. The van der Waals surface area contributed by atoms with Crippen molar-refractivity contribution in [1.82, 2.24) is 53.0 Å². The van der Waals surface area contributed by atoms with E-state index in [1.807, 2.05) is 132 Å². The van der Waals surface area contributed by atoms with Gasteiger partial charge >= 0.3 is 29.1 Å². The van der Waals surface area contributed by atoms with Gasteiger partial charge in [-0.05, 0) is 97.1 Å². The van der Waals surface area contributed by atoms with Gasteiger partial charge < -0.3 is 22.4 Å². The Morgan fingerprint density at radius 1 is 0.408 bits per heavy atom. The number of aryl methyl sites for hydroxylation is 2. The smallest absolute Gasteiger partial charge is 0.380 e. The monoisotopic (exact) mass is 1400 g/mol. The van der Waals surface area contributed by atoms with Crippen molar-refractivity contribution in [3.63, 3.8) is 0 Å². The molecule has 0 amide bonds. The van der Waals surface area contributed by atoms with E-state index in [4.69, 9.17) is 17.4 Å². The molecule has 26 rings (SSSR count). The Bertz CT molecular complexity index is 7090. The van der Waals surface area contributed by atoms with E-state index in [2.05, 4.69) is 182 Å². The van der Waals surface area contributed by atoms with Gasteiger partial charge in [-0.25, -0.2) is 24.5 Å². The number of pyridine rings is 5. The first kappa shape index (κ1) is 55.1. The van der Waals surface area contributed by atoms with Gasteiger partial charge in [-0.15, -0.1) is 25.0 Å². The maximum absolute atomic E-state index is 7.85. The highest BCUT2D eigenvalue weighted by Crippen LogP contribution is 2.44. The fourth-order valence-electron chi connectivity index (χ4n) is 15.7. The largest absolute Gasteiger partial charge is 0.383 e. The third kappa shape index (κ3) is 8.59. The number of thiazole rings is 2. The lowest BCUT2D eigenvalue weighted by Crippen LogP contribution is -2.31. The van der Waals surface area contributed by atoms with Crippen LogP contribution in [0.2, 0.25) is 0 Å². The molecule has 0 spiro atoms. The van der Waals surface area contributed by atoms with Crippen LogP contribution in [0.5, 0.6) is 0 Å². The van der Waals surface area contributed by atoms with Gasteiger partial charge in [-0.2, -0.15) is 18.9 Å². The van der Waals surface area contributed by atoms with Gasteiger partial charge in [0.05, 0.1) is 49.1 Å². The van der Waals surface area contributed by atoms with Gasteiger partial charge in [-0.3, -0.25) is 9.55 Å². The van der Waals surface area contributed by atoms with Crippen LogP contribution in [-0.4, -0.2) is 53.0 Å². The molecule has 0 fully saturated rings. The lowest BCUT2D eigenvalue weighted by Gasteiger charge is -2.03. The number of oxazole rings is 3. The second-order valence-corrected chi connectivity index (χ2v) is 29.2. The SMILES string of the molecule is Cn1c2cccnc2c2c1oc1[n+]2Cc2ccccc2-1.[2H]C([2H])([2H])n1c2cccnc2c2c1oc1[n+]2Cc2ccccc2-1.c1ccc(-n2c3cccnc3c3c2oc2[n+]3Cc3ccccc3-2)cc1.c1ccc2c(c1)C[n+]1c-2sc2sc3cccnc3c21.c1cnc2nc3sc4[n+](c3n2c1)Cc1ccncc1-4. The Labute approximate surface area is 599 Å². The topological polar surface area (TPSA) is 168 Å². The molecule has 0 saturated carbocycles. The van der Waals surface area contributed by atoms with Crippen molar-refractivity contribution in [3.8, 4) is 61.2 Å². The van der Waals surface area contributed by atoms with E-state index in [1.165, 1.54) is 78.9 Å². The Hall–Kier alpha value is -12.8. The van der Waals surface area contributed by atoms with Crippen LogP contribution < -0.4 is 22.8 Å². The number of thiophene rings is 1. The highest BCUT2D eigenvalue weighted by atomic mass is 32.2. The molecule has 21 heterocycles. The van der Waals surface area contributed by atoms with Crippen molar-refractivity contribution in [2.45, 2.75) is 32.7 Å². The number of hydrogen-bond acceptors (Lipinski definition) is 13. The van der Waals surface area contributed by atoms with E-state index in [1.54, 1.807) is 35.9 Å². The normalized spacial score (nSPS) is 13.5. The summed E-state index contributed by atoms with van der Waals surface area (Å²) >= 11 is 5.46. The molecule has 5 aromatic carbocycles. The average Bonchev–Trinajstić information content (AvgIpc) is 1.52. The number of hydrogen-bond donors (Lipinski definition) is 0. The van der Waals surface area contributed by atoms with Crippen molar-refractivity contribution in [3.05, 3.63) is 265 Å². The zero-order valence-electron chi connectivity index (χ0n) is 57.7. The maximum atomic E-state index is 7.85. The molecule has 22 heteroatoms. The lowest BCUT2D eigenvalue weighted by atomic mass is 10.1. The fourth-order valence-corrected chi connectivity index (χ4v) is 19.5. The van der Waals surface area contributed by atoms with Crippen LogP contribution in [0.25, 0.3) is 164 Å². The molecule has 490 valence electrons. The van der Waals surface area contributed by atoms with E-state index in [9.17, 15) is 0 Å². The molecule has 21 aromatic rings. The summed E-state index contributed by atoms with van der Waals surface area (Å²) in [6.45, 7) is 1.88. The van der Waals surface area contributed by atoms with Crippen molar-refractivity contribution < 1.29 is 40.2 Å². The molecule has 19 nitrogen and oxygen atoms in total. The van der Waals surface area contributed by atoms with Crippen molar-refractivity contribution in [2.24, 2.45) is 14.0 Å². The first-order valence-electron chi connectivity index (χ1n) is 35.2. The molecule has 103 heavy (non-hydrogen) atoms. The van der Waals surface area contributed by atoms with Crippen LogP contribution in [0.15, 0.2) is 251 Å². The maximum Gasteiger partial charge on any atom is 0.383 e. The number of imidazole rings is 1. The predicted molar refractivity (Wildman–Crippen MR) is 397 cm³/mol. The number of benzene rings is 5. The number of para-hydroxylation sites is 1. The van der Waals surface area contributed by atoms with Gasteiger partial charge in [0.1, 0.15) is 12.7 Å². The molecule has 0 unspecified atom stereocenters. The zero-order chi connectivity index (χ0) is 70.2. The molecule has 16 aromatic heterocycles. The van der Waals surface area contributed by atoms with Crippen molar-refractivity contribution in [2.75, 3.05) is 0 Å². The zero-order valence-corrected chi connectivity index (χ0v) is 57.1. The third-order valence-corrected chi connectivity index (χ3v) is 23.8. The second kappa shape index (κ2) is 22.4. The molecule has 0 N–H and O–H groups in total. The Morgan fingerprint density at radius 3 is 1.55 bits per heavy atom. The molecular weight excluding hydrogens is 1340 g/mol. The number of nitrogens with zero attached hydrogens (tertiary/aromatic N) is 16. The van der Waals surface area contributed by atoms with E-state index < -0.39 is 6.98 Å². The summed E-state index contributed by atoms with van der Waals surface area (Å²) in [5.74, 6) is 3.30. The standard InChI is InChI=1S/C21H14N3O.2C16H12N3O.C15H9N2S2.C13H8N5S/c1-2-8-15(9-3-1)24-17-11-6-12-22-18(17)19-21(24)25-20-16-10-5-4-7-14(16)13-23(19)20;2*1-18-12-7-4-8-17-13(12)14-16(18)20-15-11-6-3-2-5-10(11)9-19(14)15;1-2-5-10-9(4-1)8-17-13-12-11(6-3-7-16-12)18-15(13)19-14(10)17;1-3-15-13-16-10-11(17(13)5-1)18-7-8-2-4-14-6-9(8)12(18)19-10/h1-12H,13H2;2*2-8H,9H2,1H3;1-7H,8H2;1-6H,7H2/q5*+1/i;1D3;;;. The van der Waals surface area contributed by atoms with Crippen LogP contribution >= 0.6 is 34.0 Å². The van der Waals surface area contributed by atoms with Gasteiger partial charge in [-0.1, -0.05) is 114 Å². The summed E-state index contributed by atoms with van der Waals surface area (Å²) in [5.41, 5.74) is 27.5. The number of aromatic nitrogens is 16. The molecule has 0 radical (unpaired) electrons. The molecule has 0 atom stereocenters. The van der Waals surface area contributed by atoms with Gasteiger partial charge in [0.25, 0.3) is 44.2 Å². The first-order valence-corrected chi connectivity index (χ1v) is 36.2. The lowest BCUT2D eigenvalue weighted by molar-refractivity contribution is -0.648. The average molecular weight is 1400 g/mol. The van der Waals surface area contributed by atoms with Crippen molar-refractivity contribution >= 4 is 137 Å². The van der Waals surface area contributed by atoms with Crippen LogP contribution in [0, 0.1) is 0 Å². The van der Waals surface area contributed by atoms with Gasteiger partial charge in [0.2, 0.25) is 4.83 Å². The predicted octanol–water partition coefficient (Wildman–Crippen LogP) is 14.8. The van der Waals surface area contributed by atoms with E-state index in [-0.39, 0.29) is 0 Å².